The molecule has 1 aromatic carbocycles. The summed E-state index contributed by atoms with van der Waals surface area (Å²) in [7, 11) is 0. The van der Waals surface area contributed by atoms with Gasteiger partial charge in [0.1, 0.15) is 0 Å². The third-order valence-corrected chi connectivity index (χ3v) is 4.16. The highest BCUT2D eigenvalue weighted by Gasteiger charge is 2.21. The number of nitrogens with two attached hydrogens (primary N) is 1. The van der Waals surface area contributed by atoms with Gasteiger partial charge in [-0.3, -0.25) is 4.99 Å². The maximum absolute atomic E-state index is 6.11. The fraction of sp³-hybridized carbons (Fsp3) is 0.562. The Morgan fingerprint density at radius 2 is 1.95 bits per heavy atom. The second-order valence-corrected chi connectivity index (χ2v) is 6.55. The molecule has 0 radical (unpaired) electrons. The standard InChI is InChI=1S/C16H24ClN3.HI/c1-16(2,13-7-6-8-14(17)11-13)12-19-15(18)20-9-4-3-5-10-20;/h6-8,11H,3-5,9-10,12H2,1-2H3,(H2,18,19);1H. The van der Waals surface area contributed by atoms with Crippen LogP contribution in [0.25, 0.3) is 0 Å². The Kier molecular flexibility index (Phi) is 7.27. The van der Waals surface area contributed by atoms with Crippen molar-refractivity contribution in [3.63, 3.8) is 0 Å². The lowest BCUT2D eigenvalue weighted by molar-refractivity contribution is 0.337. The van der Waals surface area contributed by atoms with Gasteiger partial charge in [0, 0.05) is 23.5 Å². The van der Waals surface area contributed by atoms with Gasteiger partial charge >= 0.3 is 0 Å². The summed E-state index contributed by atoms with van der Waals surface area (Å²) in [4.78, 5) is 6.79. The molecule has 2 rings (SSSR count). The first-order valence-electron chi connectivity index (χ1n) is 7.30. The molecule has 1 heterocycles. The van der Waals surface area contributed by atoms with Gasteiger partial charge in [-0.05, 0) is 37.0 Å². The molecule has 0 unspecified atom stereocenters. The Morgan fingerprint density at radius 1 is 1.29 bits per heavy atom. The van der Waals surface area contributed by atoms with E-state index in [4.69, 9.17) is 17.3 Å². The van der Waals surface area contributed by atoms with E-state index in [2.05, 4.69) is 29.8 Å². The van der Waals surface area contributed by atoms with Crippen LogP contribution in [0.1, 0.15) is 38.7 Å². The van der Waals surface area contributed by atoms with Crippen LogP contribution < -0.4 is 5.73 Å². The summed E-state index contributed by atoms with van der Waals surface area (Å²) in [6.07, 6.45) is 3.74. The maximum Gasteiger partial charge on any atom is 0.191 e. The van der Waals surface area contributed by atoms with Gasteiger partial charge in [-0.25, -0.2) is 0 Å². The molecule has 2 N–H and O–H groups in total. The van der Waals surface area contributed by atoms with Crippen LogP contribution in [0.3, 0.4) is 0 Å². The number of guanidine groups is 1. The Hall–Kier alpha value is -0.490. The molecule has 0 amide bonds. The Bertz CT molecular complexity index is 482. The molecule has 0 aromatic heterocycles. The number of rotatable bonds is 3. The minimum absolute atomic E-state index is 0. The van der Waals surface area contributed by atoms with E-state index in [1.165, 1.54) is 24.8 Å². The summed E-state index contributed by atoms with van der Waals surface area (Å²) in [6, 6.07) is 7.98. The predicted octanol–water partition coefficient (Wildman–Crippen LogP) is 4.04. The number of likely N-dealkylation sites (tertiary alicyclic amines) is 1. The zero-order valence-corrected chi connectivity index (χ0v) is 15.9. The van der Waals surface area contributed by atoms with Crippen LogP contribution in [0.4, 0.5) is 0 Å². The maximum atomic E-state index is 6.11. The van der Waals surface area contributed by atoms with Gasteiger partial charge in [-0.15, -0.1) is 24.0 Å². The number of benzene rings is 1. The third kappa shape index (κ3) is 5.33. The van der Waals surface area contributed by atoms with Gasteiger partial charge in [0.05, 0.1) is 6.54 Å². The van der Waals surface area contributed by atoms with Crippen molar-refractivity contribution in [2.24, 2.45) is 10.7 Å². The smallest absolute Gasteiger partial charge is 0.191 e. The molecule has 0 atom stereocenters. The monoisotopic (exact) mass is 421 g/mol. The topological polar surface area (TPSA) is 41.6 Å². The van der Waals surface area contributed by atoms with Crippen molar-refractivity contribution < 1.29 is 0 Å². The molecule has 1 aromatic rings. The van der Waals surface area contributed by atoms with E-state index in [0.29, 0.717) is 12.5 Å². The van der Waals surface area contributed by atoms with E-state index in [0.717, 1.165) is 18.1 Å². The second kappa shape index (κ2) is 8.22. The van der Waals surface area contributed by atoms with Crippen molar-refractivity contribution in [1.82, 2.24) is 4.90 Å². The van der Waals surface area contributed by atoms with Gasteiger partial charge in [-0.2, -0.15) is 0 Å². The predicted molar refractivity (Wildman–Crippen MR) is 102 cm³/mol. The highest BCUT2D eigenvalue weighted by atomic mass is 127. The zero-order valence-electron chi connectivity index (χ0n) is 12.8. The quantitative estimate of drug-likeness (QED) is 0.455. The summed E-state index contributed by atoms with van der Waals surface area (Å²) in [6.45, 7) is 7.09. The number of aliphatic imine (C=N–C) groups is 1. The summed E-state index contributed by atoms with van der Waals surface area (Å²) in [5.74, 6) is 0.680. The van der Waals surface area contributed by atoms with Crippen LogP contribution in [0.5, 0.6) is 0 Å². The average molecular weight is 422 g/mol. The lowest BCUT2D eigenvalue weighted by atomic mass is 9.85. The molecule has 5 heteroatoms. The number of nitrogens with zero attached hydrogens (tertiary/aromatic N) is 2. The lowest BCUT2D eigenvalue weighted by Crippen LogP contribution is -2.41. The van der Waals surface area contributed by atoms with Crippen LogP contribution in [0, 0.1) is 0 Å². The molecule has 118 valence electrons. The van der Waals surface area contributed by atoms with Gasteiger partial charge in [0.25, 0.3) is 0 Å². The number of hydrogen-bond donors (Lipinski definition) is 1. The summed E-state index contributed by atoms with van der Waals surface area (Å²) in [5, 5.41) is 0.767. The van der Waals surface area contributed by atoms with Crippen molar-refractivity contribution in [3.8, 4) is 0 Å². The normalized spacial score (nSPS) is 16.5. The summed E-state index contributed by atoms with van der Waals surface area (Å²) >= 11 is 6.07. The molecule has 1 aliphatic heterocycles. The second-order valence-electron chi connectivity index (χ2n) is 6.12. The van der Waals surface area contributed by atoms with Crippen molar-refractivity contribution in [1.29, 1.82) is 0 Å². The largest absolute Gasteiger partial charge is 0.370 e. The number of piperidine rings is 1. The Morgan fingerprint density at radius 3 is 2.57 bits per heavy atom. The van der Waals surface area contributed by atoms with E-state index >= 15 is 0 Å². The van der Waals surface area contributed by atoms with Crippen LogP contribution in [0.15, 0.2) is 29.3 Å². The molecule has 0 aliphatic carbocycles. The highest BCUT2D eigenvalue weighted by molar-refractivity contribution is 14.0. The van der Waals surface area contributed by atoms with Crippen LogP contribution in [-0.2, 0) is 5.41 Å². The van der Waals surface area contributed by atoms with Crippen molar-refractivity contribution in [2.75, 3.05) is 19.6 Å². The van der Waals surface area contributed by atoms with E-state index in [-0.39, 0.29) is 29.4 Å². The molecule has 0 spiro atoms. The molecular weight excluding hydrogens is 397 g/mol. The van der Waals surface area contributed by atoms with E-state index in [1.807, 2.05) is 18.2 Å². The molecule has 1 fully saturated rings. The molecular formula is C16H25ClIN3. The van der Waals surface area contributed by atoms with Gasteiger partial charge in [0.2, 0.25) is 0 Å². The zero-order chi connectivity index (χ0) is 14.6. The van der Waals surface area contributed by atoms with Gasteiger partial charge in [-0.1, -0.05) is 37.6 Å². The molecule has 0 bridgehead atoms. The summed E-state index contributed by atoms with van der Waals surface area (Å²) < 4.78 is 0. The SMILES string of the molecule is CC(C)(CN=C(N)N1CCCCC1)c1cccc(Cl)c1.I. The fourth-order valence-corrected chi connectivity index (χ4v) is 2.69. The van der Waals surface area contributed by atoms with Crippen LogP contribution >= 0.6 is 35.6 Å². The number of halogens is 2. The van der Waals surface area contributed by atoms with E-state index in [9.17, 15) is 0 Å². The van der Waals surface area contributed by atoms with Crippen molar-refractivity contribution in [3.05, 3.63) is 34.9 Å². The fourth-order valence-electron chi connectivity index (χ4n) is 2.50. The van der Waals surface area contributed by atoms with E-state index in [1.54, 1.807) is 0 Å². The Labute approximate surface area is 150 Å². The molecule has 1 aliphatic rings. The first kappa shape index (κ1) is 18.6. The molecule has 1 saturated heterocycles. The first-order valence-corrected chi connectivity index (χ1v) is 7.68. The van der Waals surface area contributed by atoms with Crippen molar-refractivity contribution >= 4 is 41.5 Å². The lowest BCUT2D eigenvalue weighted by Gasteiger charge is -2.29. The molecule has 0 saturated carbocycles. The van der Waals surface area contributed by atoms with Crippen LogP contribution in [-0.4, -0.2) is 30.5 Å². The van der Waals surface area contributed by atoms with E-state index < -0.39 is 0 Å². The molecule has 3 nitrogen and oxygen atoms in total. The highest BCUT2D eigenvalue weighted by Crippen LogP contribution is 2.26. The number of hydrogen-bond acceptors (Lipinski definition) is 1. The Balaban J connectivity index is 0.00000220. The van der Waals surface area contributed by atoms with Crippen molar-refractivity contribution in [2.45, 2.75) is 38.5 Å². The average Bonchev–Trinajstić information content (AvgIpc) is 2.46. The molecule has 21 heavy (non-hydrogen) atoms. The van der Waals surface area contributed by atoms with Gasteiger partial charge in [0.15, 0.2) is 5.96 Å². The van der Waals surface area contributed by atoms with Crippen LogP contribution in [0.2, 0.25) is 5.02 Å². The first-order chi connectivity index (χ1) is 9.49. The minimum Gasteiger partial charge on any atom is -0.370 e. The third-order valence-electron chi connectivity index (χ3n) is 3.92. The van der Waals surface area contributed by atoms with Gasteiger partial charge < -0.3 is 10.6 Å². The minimum atomic E-state index is -0.0642. The summed E-state index contributed by atoms with van der Waals surface area (Å²) in [5.41, 5.74) is 7.24.